The minimum atomic E-state index is -0.00357. The smallest absolute Gasteiger partial charge is 0.260 e. The number of amides is 1. The quantitative estimate of drug-likeness (QED) is 0.849. The normalized spacial score (nSPS) is 22.1. The Bertz CT molecular complexity index is 511. The largest absolute Gasteiger partial charge is 0.482 e. The fraction of sp³-hybridized carbons (Fsp3) is 0.500. The SMILES string of the molecule is CC1CC(C)CN(C(=O)COc2ccccc2C#N)C1. The van der Waals surface area contributed by atoms with Crippen LogP contribution < -0.4 is 4.74 Å². The summed E-state index contributed by atoms with van der Waals surface area (Å²) in [6.07, 6.45) is 1.17. The van der Waals surface area contributed by atoms with Crippen LogP contribution in [0.1, 0.15) is 25.8 Å². The van der Waals surface area contributed by atoms with Gasteiger partial charge in [-0.05, 0) is 30.4 Å². The molecule has 2 atom stereocenters. The van der Waals surface area contributed by atoms with E-state index < -0.39 is 0 Å². The highest BCUT2D eigenvalue weighted by Gasteiger charge is 2.25. The highest BCUT2D eigenvalue weighted by Crippen LogP contribution is 2.21. The molecule has 1 amide bonds. The zero-order chi connectivity index (χ0) is 14.5. The van der Waals surface area contributed by atoms with Crippen molar-refractivity contribution in [1.29, 1.82) is 5.26 Å². The molecule has 0 aliphatic carbocycles. The van der Waals surface area contributed by atoms with Crippen molar-refractivity contribution in [3.8, 4) is 11.8 Å². The first kappa shape index (κ1) is 14.4. The third-order valence-electron chi connectivity index (χ3n) is 3.58. The number of nitrogens with zero attached hydrogens (tertiary/aromatic N) is 2. The van der Waals surface area contributed by atoms with E-state index in [1.54, 1.807) is 24.3 Å². The number of hydrogen-bond acceptors (Lipinski definition) is 3. The van der Waals surface area contributed by atoms with Crippen LogP contribution in [-0.4, -0.2) is 30.5 Å². The molecule has 0 spiro atoms. The molecule has 4 heteroatoms. The van der Waals surface area contributed by atoms with Crippen LogP contribution in [0.25, 0.3) is 0 Å². The molecule has 2 unspecified atom stereocenters. The average Bonchev–Trinajstić information content (AvgIpc) is 2.44. The molecular formula is C16H20N2O2. The summed E-state index contributed by atoms with van der Waals surface area (Å²) in [7, 11) is 0. The average molecular weight is 272 g/mol. The van der Waals surface area contributed by atoms with Crippen LogP contribution in [0.2, 0.25) is 0 Å². The number of carbonyl (C=O) groups is 1. The predicted octanol–water partition coefficient (Wildman–Crippen LogP) is 2.44. The van der Waals surface area contributed by atoms with E-state index in [1.165, 1.54) is 6.42 Å². The molecule has 1 aromatic carbocycles. The molecule has 1 aliphatic rings. The first-order valence-corrected chi connectivity index (χ1v) is 7.00. The first-order valence-electron chi connectivity index (χ1n) is 7.00. The van der Waals surface area contributed by atoms with Crippen LogP contribution in [0, 0.1) is 23.2 Å². The summed E-state index contributed by atoms with van der Waals surface area (Å²) in [5.74, 6) is 1.54. The molecule has 2 rings (SSSR count). The van der Waals surface area contributed by atoms with Crippen LogP contribution in [0.5, 0.6) is 5.75 Å². The highest BCUT2D eigenvalue weighted by molar-refractivity contribution is 5.78. The lowest BCUT2D eigenvalue weighted by atomic mass is 9.92. The van der Waals surface area contributed by atoms with Gasteiger partial charge in [-0.2, -0.15) is 5.26 Å². The summed E-state index contributed by atoms with van der Waals surface area (Å²) >= 11 is 0. The zero-order valence-electron chi connectivity index (χ0n) is 12.0. The standard InChI is InChI=1S/C16H20N2O2/c1-12-7-13(2)10-18(9-12)16(19)11-20-15-6-4-3-5-14(15)8-17/h3-6,12-13H,7,9-11H2,1-2H3. The van der Waals surface area contributed by atoms with Gasteiger partial charge in [-0.1, -0.05) is 26.0 Å². The molecule has 1 aliphatic heterocycles. The van der Waals surface area contributed by atoms with E-state index >= 15 is 0 Å². The lowest BCUT2D eigenvalue weighted by Crippen LogP contribution is -2.44. The number of likely N-dealkylation sites (tertiary alicyclic amines) is 1. The van der Waals surface area contributed by atoms with Gasteiger partial charge in [0.1, 0.15) is 11.8 Å². The lowest BCUT2D eigenvalue weighted by Gasteiger charge is -2.34. The van der Waals surface area contributed by atoms with Gasteiger partial charge in [0.2, 0.25) is 0 Å². The van der Waals surface area contributed by atoms with Crippen molar-refractivity contribution in [3.63, 3.8) is 0 Å². The van der Waals surface area contributed by atoms with E-state index in [9.17, 15) is 4.79 Å². The Morgan fingerprint density at radius 3 is 2.65 bits per heavy atom. The van der Waals surface area contributed by atoms with E-state index in [4.69, 9.17) is 10.00 Å². The lowest BCUT2D eigenvalue weighted by molar-refractivity contribution is -0.136. The number of rotatable bonds is 3. The molecule has 20 heavy (non-hydrogen) atoms. The van der Waals surface area contributed by atoms with Gasteiger partial charge in [0.25, 0.3) is 5.91 Å². The van der Waals surface area contributed by atoms with E-state index in [0.717, 1.165) is 13.1 Å². The Labute approximate surface area is 120 Å². The molecule has 1 heterocycles. The summed E-state index contributed by atoms with van der Waals surface area (Å²) in [5, 5.41) is 8.98. The van der Waals surface area contributed by atoms with Gasteiger partial charge in [-0.3, -0.25) is 4.79 Å². The van der Waals surface area contributed by atoms with Gasteiger partial charge in [-0.15, -0.1) is 0 Å². The number of hydrogen-bond donors (Lipinski definition) is 0. The predicted molar refractivity (Wildman–Crippen MR) is 76.2 cm³/mol. The monoisotopic (exact) mass is 272 g/mol. The Morgan fingerprint density at radius 2 is 2.00 bits per heavy atom. The van der Waals surface area contributed by atoms with Crippen molar-refractivity contribution in [2.45, 2.75) is 20.3 Å². The number of benzene rings is 1. The highest BCUT2D eigenvalue weighted by atomic mass is 16.5. The Morgan fingerprint density at radius 1 is 1.35 bits per heavy atom. The molecule has 106 valence electrons. The van der Waals surface area contributed by atoms with Crippen molar-refractivity contribution in [1.82, 2.24) is 4.90 Å². The van der Waals surface area contributed by atoms with Gasteiger partial charge in [0.05, 0.1) is 5.56 Å². The van der Waals surface area contributed by atoms with Gasteiger partial charge >= 0.3 is 0 Å². The summed E-state index contributed by atoms with van der Waals surface area (Å²) in [6.45, 7) is 5.93. The minimum Gasteiger partial charge on any atom is -0.482 e. The van der Waals surface area contributed by atoms with E-state index in [2.05, 4.69) is 19.9 Å². The van der Waals surface area contributed by atoms with Crippen LogP contribution in [-0.2, 0) is 4.79 Å². The van der Waals surface area contributed by atoms with E-state index in [-0.39, 0.29) is 12.5 Å². The van der Waals surface area contributed by atoms with Crippen LogP contribution in [0.3, 0.4) is 0 Å². The van der Waals surface area contributed by atoms with Crippen molar-refractivity contribution >= 4 is 5.91 Å². The van der Waals surface area contributed by atoms with Crippen molar-refractivity contribution in [2.75, 3.05) is 19.7 Å². The van der Waals surface area contributed by atoms with Crippen LogP contribution >= 0.6 is 0 Å². The summed E-state index contributed by atoms with van der Waals surface area (Å²) in [5.41, 5.74) is 0.459. The molecule has 0 bridgehead atoms. The number of ether oxygens (including phenoxy) is 1. The topological polar surface area (TPSA) is 53.3 Å². The fourth-order valence-electron chi connectivity index (χ4n) is 2.78. The first-order chi connectivity index (χ1) is 9.60. The van der Waals surface area contributed by atoms with Gasteiger partial charge in [-0.25, -0.2) is 0 Å². The molecular weight excluding hydrogens is 252 g/mol. The molecule has 0 radical (unpaired) electrons. The third-order valence-corrected chi connectivity index (χ3v) is 3.58. The molecule has 0 N–H and O–H groups in total. The van der Waals surface area contributed by atoms with Crippen LogP contribution in [0.15, 0.2) is 24.3 Å². The number of piperidine rings is 1. The molecule has 4 nitrogen and oxygen atoms in total. The molecule has 0 saturated carbocycles. The van der Waals surface area contributed by atoms with Crippen molar-refractivity contribution < 1.29 is 9.53 Å². The van der Waals surface area contributed by atoms with Crippen molar-refractivity contribution in [2.24, 2.45) is 11.8 Å². The van der Waals surface area contributed by atoms with Gasteiger partial charge in [0, 0.05) is 13.1 Å². The van der Waals surface area contributed by atoms with Crippen LogP contribution in [0.4, 0.5) is 0 Å². The maximum absolute atomic E-state index is 12.2. The molecule has 1 saturated heterocycles. The molecule has 0 aromatic heterocycles. The fourth-order valence-corrected chi connectivity index (χ4v) is 2.78. The number of carbonyl (C=O) groups excluding carboxylic acids is 1. The maximum atomic E-state index is 12.2. The second-order valence-corrected chi connectivity index (χ2v) is 5.64. The van der Waals surface area contributed by atoms with E-state index in [0.29, 0.717) is 23.1 Å². The molecule has 1 fully saturated rings. The second-order valence-electron chi connectivity index (χ2n) is 5.64. The number of nitriles is 1. The van der Waals surface area contributed by atoms with E-state index in [1.807, 2.05) is 4.90 Å². The zero-order valence-corrected chi connectivity index (χ0v) is 12.0. The number of para-hydroxylation sites is 1. The second kappa shape index (κ2) is 6.42. The Balaban J connectivity index is 1.94. The Hall–Kier alpha value is -2.02. The maximum Gasteiger partial charge on any atom is 0.260 e. The van der Waals surface area contributed by atoms with Crippen molar-refractivity contribution in [3.05, 3.63) is 29.8 Å². The minimum absolute atomic E-state index is 0.00185. The Kier molecular flexibility index (Phi) is 4.62. The third kappa shape index (κ3) is 3.51. The molecule has 1 aromatic rings. The van der Waals surface area contributed by atoms with Gasteiger partial charge in [0.15, 0.2) is 6.61 Å². The summed E-state index contributed by atoms with van der Waals surface area (Å²) in [4.78, 5) is 14.0. The van der Waals surface area contributed by atoms with Gasteiger partial charge < -0.3 is 9.64 Å². The summed E-state index contributed by atoms with van der Waals surface area (Å²) in [6, 6.07) is 9.04. The summed E-state index contributed by atoms with van der Waals surface area (Å²) < 4.78 is 5.50.